The first-order valence-corrected chi connectivity index (χ1v) is 6.42. The molecule has 0 aliphatic rings. The van der Waals surface area contributed by atoms with E-state index in [1.165, 1.54) is 11.1 Å². The number of hydrogen-bond donors (Lipinski definition) is 1. The average molecular weight is 235 g/mol. The Hall–Kier alpha value is -0.860. The van der Waals surface area contributed by atoms with Crippen molar-refractivity contribution in [3.05, 3.63) is 35.4 Å². The van der Waals surface area contributed by atoms with Gasteiger partial charge in [0.05, 0.1) is 11.6 Å². The third-order valence-electron chi connectivity index (χ3n) is 3.56. The highest BCUT2D eigenvalue weighted by Gasteiger charge is 2.33. The molecular weight excluding hydrogens is 210 g/mol. The zero-order chi connectivity index (χ0) is 12.9. The SMILES string of the molecule is CCNC(c1cccc(C)c1)C(C)(CC)OC. The van der Waals surface area contributed by atoms with Crippen molar-refractivity contribution in [1.82, 2.24) is 5.32 Å². The van der Waals surface area contributed by atoms with Crippen LogP contribution in [0.15, 0.2) is 24.3 Å². The van der Waals surface area contributed by atoms with Crippen molar-refractivity contribution in [3.8, 4) is 0 Å². The monoisotopic (exact) mass is 235 g/mol. The lowest BCUT2D eigenvalue weighted by atomic mass is 9.87. The molecule has 2 unspecified atom stereocenters. The maximum atomic E-state index is 5.73. The van der Waals surface area contributed by atoms with Crippen molar-refractivity contribution in [2.75, 3.05) is 13.7 Å². The maximum absolute atomic E-state index is 5.73. The van der Waals surface area contributed by atoms with Crippen molar-refractivity contribution in [2.24, 2.45) is 0 Å². The molecule has 0 bridgehead atoms. The minimum absolute atomic E-state index is 0.163. The first kappa shape index (κ1) is 14.2. The van der Waals surface area contributed by atoms with E-state index in [1.54, 1.807) is 7.11 Å². The zero-order valence-corrected chi connectivity index (χ0v) is 11.7. The first-order valence-electron chi connectivity index (χ1n) is 6.42. The van der Waals surface area contributed by atoms with Gasteiger partial charge in [-0.3, -0.25) is 0 Å². The van der Waals surface area contributed by atoms with Crippen LogP contribution in [-0.2, 0) is 4.74 Å². The van der Waals surface area contributed by atoms with Gasteiger partial charge in [0.1, 0.15) is 0 Å². The van der Waals surface area contributed by atoms with Crippen molar-refractivity contribution in [3.63, 3.8) is 0 Å². The van der Waals surface area contributed by atoms with E-state index in [2.05, 4.69) is 57.3 Å². The number of rotatable bonds is 6. The molecule has 1 rings (SSSR count). The van der Waals surface area contributed by atoms with Crippen molar-refractivity contribution in [2.45, 2.75) is 45.8 Å². The summed E-state index contributed by atoms with van der Waals surface area (Å²) < 4.78 is 5.73. The van der Waals surface area contributed by atoms with Gasteiger partial charge in [-0.15, -0.1) is 0 Å². The highest BCUT2D eigenvalue weighted by atomic mass is 16.5. The summed E-state index contributed by atoms with van der Waals surface area (Å²) in [6.07, 6.45) is 0.981. The fourth-order valence-corrected chi connectivity index (χ4v) is 2.21. The quantitative estimate of drug-likeness (QED) is 0.815. The number of ether oxygens (including phenoxy) is 1. The summed E-state index contributed by atoms with van der Waals surface area (Å²) in [5.74, 6) is 0. The largest absolute Gasteiger partial charge is 0.377 e. The summed E-state index contributed by atoms with van der Waals surface area (Å²) >= 11 is 0. The number of hydrogen-bond acceptors (Lipinski definition) is 2. The van der Waals surface area contributed by atoms with E-state index in [-0.39, 0.29) is 11.6 Å². The van der Waals surface area contributed by atoms with Crippen molar-refractivity contribution < 1.29 is 4.74 Å². The van der Waals surface area contributed by atoms with E-state index in [1.807, 2.05) is 0 Å². The molecule has 0 aliphatic carbocycles. The van der Waals surface area contributed by atoms with Gasteiger partial charge in [0.15, 0.2) is 0 Å². The molecule has 0 heterocycles. The molecule has 0 amide bonds. The molecular formula is C15H25NO. The summed E-state index contributed by atoms with van der Waals surface area (Å²) in [6.45, 7) is 9.54. The summed E-state index contributed by atoms with van der Waals surface area (Å²) in [4.78, 5) is 0. The number of benzene rings is 1. The molecule has 0 fully saturated rings. The minimum Gasteiger partial charge on any atom is -0.377 e. The number of methoxy groups -OCH3 is 1. The van der Waals surface area contributed by atoms with E-state index < -0.39 is 0 Å². The van der Waals surface area contributed by atoms with Crippen LogP contribution >= 0.6 is 0 Å². The predicted molar refractivity (Wildman–Crippen MR) is 73.3 cm³/mol. The molecule has 0 radical (unpaired) electrons. The van der Waals surface area contributed by atoms with Gasteiger partial charge in [0.25, 0.3) is 0 Å². The van der Waals surface area contributed by atoms with Gasteiger partial charge < -0.3 is 10.1 Å². The van der Waals surface area contributed by atoms with E-state index in [4.69, 9.17) is 4.74 Å². The Labute approximate surface area is 105 Å². The summed E-state index contributed by atoms with van der Waals surface area (Å²) in [7, 11) is 1.80. The molecule has 96 valence electrons. The fraction of sp³-hybridized carbons (Fsp3) is 0.600. The van der Waals surface area contributed by atoms with Gasteiger partial charge in [-0.05, 0) is 32.4 Å². The Bertz CT molecular complexity index is 345. The van der Waals surface area contributed by atoms with Gasteiger partial charge >= 0.3 is 0 Å². The molecule has 0 aromatic heterocycles. The number of aryl methyl sites for hydroxylation is 1. The fourth-order valence-electron chi connectivity index (χ4n) is 2.21. The van der Waals surface area contributed by atoms with Crippen LogP contribution in [0.2, 0.25) is 0 Å². The Morgan fingerprint density at radius 1 is 1.35 bits per heavy atom. The van der Waals surface area contributed by atoms with Gasteiger partial charge in [-0.1, -0.05) is 43.7 Å². The predicted octanol–water partition coefficient (Wildman–Crippen LogP) is 3.46. The Morgan fingerprint density at radius 3 is 2.53 bits per heavy atom. The highest BCUT2D eigenvalue weighted by Crippen LogP contribution is 2.31. The van der Waals surface area contributed by atoms with Crippen LogP contribution in [0.25, 0.3) is 0 Å². The molecule has 1 aromatic rings. The number of nitrogens with one attached hydrogen (secondary N) is 1. The molecule has 0 aliphatic heterocycles. The summed E-state index contributed by atoms with van der Waals surface area (Å²) in [5.41, 5.74) is 2.43. The van der Waals surface area contributed by atoms with Crippen LogP contribution in [0.3, 0.4) is 0 Å². The molecule has 2 heteroatoms. The van der Waals surface area contributed by atoms with E-state index >= 15 is 0 Å². The second kappa shape index (κ2) is 6.18. The molecule has 0 saturated heterocycles. The molecule has 0 saturated carbocycles. The molecule has 1 aromatic carbocycles. The number of likely N-dealkylation sites (N-methyl/N-ethyl adjacent to an activating group) is 1. The second-order valence-corrected chi connectivity index (χ2v) is 4.78. The van der Waals surface area contributed by atoms with Crippen molar-refractivity contribution in [1.29, 1.82) is 0 Å². The molecule has 0 spiro atoms. The van der Waals surface area contributed by atoms with E-state index in [0.717, 1.165) is 13.0 Å². The minimum atomic E-state index is -0.163. The zero-order valence-electron chi connectivity index (χ0n) is 11.7. The van der Waals surface area contributed by atoms with E-state index in [0.29, 0.717) is 0 Å². The lowest BCUT2D eigenvalue weighted by Crippen LogP contribution is -2.42. The third kappa shape index (κ3) is 3.30. The Balaban J connectivity index is 3.08. The smallest absolute Gasteiger partial charge is 0.0841 e. The standard InChI is InChI=1S/C15H25NO/c1-6-15(4,17-5)14(16-7-2)13-10-8-9-12(3)11-13/h8-11,14,16H,6-7H2,1-5H3. The second-order valence-electron chi connectivity index (χ2n) is 4.78. The van der Waals surface area contributed by atoms with Crippen LogP contribution in [0.4, 0.5) is 0 Å². The van der Waals surface area contributed by atoms with Crippen LogP contribution in [0, 0.1) is 6.92 Å². The van der Waals surface area contributed by atoms with Gasteiger partial charge in [0.2, 0.25) is 0 Å². The molecule has 17 heavy (non-hydrogen) atoms. The van der Waals surface area contributed by atoms with Gasteiger partial charge in [0, 0.05) is 7.11 Å². The summed E-state index contributed by atoms with van der Waals surface area (Å²) in [6, 6.07) is 8.89. The van der Waals surface area contributed by atoms with Crippen molar-refractivity contribution >= 4 is 0 Å². The topological polar surface area (TPSA) is 21.3 Å². The first-order chi connectivity index (χ1) is 8.07. The van der Waals surface area contributed by atoms with Gasteiger partial charge in [-0.25, -0.2) is 0 Å². The lowest BCUT2D eigenvalue weighted by Gasteiger charge is -2.36. The van der Waals surface area contributed by atoms with Crippen LogP contribution < -0.4 is 5.32 Å². The normalized spacial score (nSPS) is 16.5. The lowest BCUT2D eigenvalue weighted by molar-refractivity contribution is -0.0296. The van der Waals surface area contributed by atoms with Crippen LogP contribution in [0.5, 0.6) is 0 Å². The maximum Gasteiger partial charge on any atom is 0.0841 e. The van der Waals surface area contributed by atoms with Crippen LogP contribution in [0.1, 0.15) is 44.4 Å². The highest BCUT2D eigenvalue weighted by molar-refractivity contribution is 5.27. The molecule has 2 atom stereocenters. The Morgan fingerprint density at radius 2 is 2.06 bits per heavy atom. The third-order valence-corrected chi connectivity index (χ3v) is 3.56. The van der Waals surface area contributed by atoms with E-state index in [9.17, 15) is 0 Å². The van der Waals surface area contributed by atoms with Crippen LogP contribution in [-0.4, -0.2) is 19.3 Å². The average Bonchev–Trinajstić information content (AvgIpc) is 2.35. The molecule has 1 N–H and O–H groups in total. The summed E-state index contributed by atoms with van der Waals surface area (Å²) in [5, 5.41) is 3.54. The Kier molecular flexibility index (Phi) is 5.16. The van der Waals surface area contributed by atoms with Gasteiger partial charge in [-0.2, -0.15) is 0 Å². The molecule has 2 nitrogen and oxygen atoms in total.